The topological polar surface area (TPSA) is 95.5 Å². The number of nitrogens with one attached hydrogen (secondary N) is 2. The molecule has 1 atom stereocenters. The van der Waals surface area contributed by atoms with E-state index in [4.69, 9.17) is 5.11 Å². The van der Waals surface area contributed by atoms with E-state index >= 15 is 0 Å². The highest BCUT2D eigenvalue weighted by atomic mass is 32.1. The van der Waals surface area contributed by atoms with E-state index in [2.05, 4.69) is 10.6 Å². The van der Waals surface area contributed by atoms with Gasteiger partial charge in [-0.05, 0) is 25.5 Å². The van der Waals surface area contributed by atoms with Crippen LogP contribution in [0, 0.1) is 6.92 Å². The Hall–Kier alpha value is -1.89. The summed E-state index contributed by atoms with van der Waals surface area (Å²) in [6.07, 6.45) is 0. The molecule has 1 unspecified atom stereocenters. The van der Waals surface area contributed by atoms with Crippen LogP contribution in [0.3, 0.4) is 0 Å². The van der Waals surface area contributed by atoms with Gasteiger partial charge in [0.1, 0.15) is 10.9 Å². The van der Waals surface area contributed by atoms with E-state index in [1.165, 1.54) is 6.92 Å². The summed E-state index contributed by atoms with van der Waals surface area (Å²) in [5, 5.41) is 14.3. The van der Waals surface area contributed by atoms with E-state index in [1.807, 2.05) is 0 Å². The second-order valence-electron chi connectivity index (χ2n) is 3.84. The fourth-order valence-corrected chi connectivity index (χ4v) is 2.27. The molecular formula is C11H14N2O4S. The molecule has 0 saturated carbocycles. The smallest absolute Gasteiger partial charge is 0.346 e. The zero-order valence-electron chi connectivity index (χ0n) is 10.2. The molecule has 1 heterocycles. The van der Waals surface area contributed by atoms with Crippen LogP contribution in [0.2, 0.25) is 0 Å². The number of thiophene rings is 1. The van der Waals surface area contributed by atoms with Gasteiger partial charge in [-0.1, -0.05) is 0 Å². The number of hydrogen-bond donors (Lipinski definition) is 3. The summed E-state index contributed by atoms with van der Waals surface area (Å²) in [5.41, 5.74) is 0.593. The minimum absolute atomic E-state index is 0.192. The molecule has 18 heavy (non-hydrogen) atoms. The third kappa shape index (κ3) is 3.56. The van der Waals surface area contributed by atoms with Crippen molar-refractivity contribution in [1.82, 2.24) is 5.32 Å². The number of carbonyl (C=O) groups excluding carboxylic acids is 2. The zero-order chi connectivity index (χ0) is 13.9. The van der Waals surface area contributed by atoms with Gasteiger partial charge in [0.05, 0.1) is 5.00 Å². The minimum Gasteiger partial charge on any atom is -0.477 e. The molecule has 0 fully saturated rings. The molecule has 0 aromatic carbocycles. The van der Waals surface area contributed by atoms with Crippen LogP contribution in [0.5, 0.6) is 0 Å². The normalized spacial score (nSPS) is 11.7. The first kappa shape index (κ1) is 14.2. The lowest BCUT2D eigenvalue weighted by Gasteiger charge is -2.11. The second-order valence-corrected chi connectivity index (χ2v) is 4.89. The molecule has 0 spiro atoms. The predicted molar refractivity (Wildman–Crippen MR) is 67.9 cm³/mol. The summed E-state index contributed by atoms with van der Waals surface area (Å²) >= 11 is 0.988. The maximum absolute atomic E-state index is 11.7. The van der Waals surface area contributed by atoms with Crippen LogP contribution in [0.25, 0.3) is 0 Å². The molecule has 0 radical (unpaired) electrons. The lowest BCUT2D eigenvalue weighted by atomic mass is 10.3. The summed E-state index contributed by atoms with van der Waals surface area (Å²) in [5.74, 6) is -1.71. The van der Waals surface area contributed by atoms with Gasteiger partial charge in [-0.3, -0.25) is 9.59 Å². The Kier molecular flexibility index (Phi) is 4.43. The average Bonchev–Trinajstić information content (AvgIpc) is 2.58. The number of anilines is 1. The van der Waals surface area contributed by atoms with Crippen molar-refractivity contribution in [3.8, 4) is 0 Å². The molecular weight excluding hydrogens is 256 g/mol. The molecule has 0 aliphatic carbocycles. The molecule has 1 aromatic heterocycles. The number of carbonyl (C=O) groups is 3. The Balaban J connectivity index is 2.73. The van der Waals surface area contributed by atoms with E-state index in [9.17, 15) is 14.4 Å². The maximum Gasteiger partial charge on any atom is 0.346 e. The van der Waals surface area contributed by atoms with Crippen LogP contribution in [-0.4, -0.2) is 28.9 Å². The van der Waals surface area contributed by atoms with Crippen molar-refractivity contribution in [2.75, 3.05) is 5.32 Å². The Bertz CT molecular complexity index is 495. The van der Waals surface area contributed by atoms with Gasteiger partial charge in [-0.25, -0.2) is 4.79 Å². The van der Waals surface area contributed by atoms with Crippen molar-refractivity contribution < 1.29 is 19.5 Å². The average molecular weight is 270 g/mol. The molecule has 2 amide bonds. The summed E-state index contributed by atoms with van der Waals surface area (Å²) < 4.78 is 0. The molecule has 0 saturated heterocycles. The fraction of sp³-hybridized carbons (Fsp3) is 0.364. The number of carboxylic acid groups (broad SMARTS) is 1. The van der Waals surface area contributed by atoms with Crippen molar-refractivity contribution >= 4 is 34.1 Å². The monoisotopic (exact) mass is 270 g/mol. The van der Waals surface area contributed by atoms with Gasteiger partial charge in [-0.2, -0.15) is 0 Å². The summed E-state index contributed by atoms with van der Waals surface area (Å²) in [6, 6.07) is 0.921. The van der Waals surface area contributed by atoms with Crippen molar-refractivity contribution in [2.24, 2.45) is 0 Å². The molecule has 3 N–H and O–H groups in total. The molecule has 0 aliphatic rings. The van der Waals surface area contributed by atoms with Gasteiger partial charge in [0.15, 0.2) is 0 Å². The lowest BCUT2D eigenvalue weighted by Crippen LogP contribution is -2.40. The summed E-state index contributed by atoms with van der Waals surface area (Å²) in [6.45, 7) is 4.53. The Morgan fingerprint density at radius 1 is 1.39 bits per heavy atom. The predicted octanol–water partition coefficient (Wildman–Crippen LogP) is 1.22. The van der Waals surface area contributed by atoms with E-state index in [0.717, 1.165) is 11.3 Å². The Morgan fingerprint density at radius 3 is 2.44 bits per heavy atom. The summed E-state index contributed by atoms with van der Waals surface area (Å²) in [4.78, 5) is 33.5. The quantitative estimate of drug-likeness (QED) is 0.766. The zero-order valence-corrected chi connectivity index (χ0v) is 11.1. The highest BCUT2D eigenvalue weighted by Gasteiger charge is 2.17. The van der Waals surface area contributed by atoms with Crippen molar-refractivity contribution in [1.29, 1.82) is 0 Å². The highest BCUT2D eigenvalue weighted by Crippen LogP contribution is 2.26. The van der Waals surface area contributed by atoms with Gasteiger partial charge < -0.3 is 15.7 Å². The number of rotatable bonds is 4. The van der Waals surface area contributed by atoms with Gasteiger partial charge in [0, 0.05) is 6.92 Å². The van der Waals surface area contributed by atoms with Crippen molar-refractivity contribution in [3.63, 3.8) is 0 Å². The number of carboxylic acids is 1. The first-order valence-corrected chi connectivity index (χ1v) is 6.04. The first-order chi connectivity index (χ1) is 8.31. The van der Waals surface area contributed by atoms with Crippen LogP contribution < -0.4 is 10.6 Å². The van der Waals surface area contributed by atoms with E-state index < -0.39 is 12.0 Å². The number of aryl methyl sites for hydroxylation is 1. The van der Waals surface area contributed by atoms with Crippen LogP contribution in [0.15, 0.2) is 6.07 Å². The van der Waals surface area contributed by atoms with E-state index in [-0.39, 0.29) is 16.7 Å². The van der Waals surface area contributed by atoms with Gasteiger partial charge in [-0.15, -0.1) is 11.3 Å². The SMILES string of the molecule is CC(=O)NC(C)C(=O)Nc1cc(C)c(C(=O)O)s1. The summed E-state index contributed by atoms with van der Waals surface area (Å²) in [7, 11) is 0. The molecule has 98 valence electrons. The second kappa shape index (κ2) is 5.63. The Labute approximate surface area is 108 Å². The number of aromatic carboxylic acids is 1. The van der Waals surface area contributed by atoms with Gasteiger partial charge in [0.25, 0.3) is 0 Å². The number of hydrogen-bond acceptors (Lipinski definition) is 4. The maximum atomic E-state index is 11.7. The lowest BCUT2D eigenvalue weighted by molar-refractivity contribution is -0.124. The largest absolute Gasteiger partial charge is 0.477 e. The standard InChI is InChI=1S/C11H14N2O4S/c1-5-4-8(18-9(5)11(16)17)13-10(15)6(2)12-7(3)14/h4,6H,1-3H3,(H,12,14)(H,13,15)(H,16,17). The van der Waals surface area contributed by atoms with Crippen LogP contribution in [0.4, 0.5) is 5.00 Å². The van der Waals surface area contributed by atoms with Crippen LogP contribution >= 0.6 is 11.3 Å². The Morgan fingerprint density at radius 2 is 2.00 bits per heavy atom. The first-order valence-electron chi connectivity index (χ1n) is 5.23. The fourth-order valence-electron chi connectivity index (χ4n) is 1.36. The molecule has 7 heteroatoms. The molecule has 0 bridgehead atoms. The molecule has 6 nitrogen and oxygen atoms in total. The third-order valence-corrected chi connectivity index (χ3v) is 3.31. The molecule has 0 aliphatic heterocycles. The van der Waals surface area contributed by atoms with Crippen molar-refractivity contribution in [2.45, 2.75) is 26.8 Å². The third-order valence-electron chi connectivity index (χ3n) is 2.17. The molecule has 1 rings (SSSR count). The highest BCUT2D eigenvalue weighted by molar-refractivity contribution is 7.18. The minimum atomic E-state index is -1.02. The van der Waals surface area contributed by atoms with Crippen molar-refractivity contribution in [3.05, 3.63) is 16.5 Å². The van der Waals surface area contributed by atoms with E-state index in [1.54, 1.807) is 19.9 Å². The van der Waals surface area contributed by atoms with Gasteiger partial charge in [0.2, 0.25) is 11.8 Å². The van der Waals surface area contributed by atoms with Crippen LogP contribution in [-0.2, 0) is 9.59 Å². The number of amides is 2. The van der Waals surface area contributed by atoms with Gasteiger partial charge >= 0.3 is 5.97 Å². The van der Waals surface area contributed by atoms with Crippen LogP contribution in [0.1, 0.15) is 29.1 Å². The molecule has 1 aromatic rings. The van der Waals surface area contributed by atoms with E-state index in [0.29, 0.717) is 10.6 Å².